The number of aromatic nitrogens is 2. The van der Waals surface area contributed by atoms with Crippen LogP contribution in [-0.4, -0.2) is 49.7 Å². The third kappa shape index (κ3) is 5.59. The van der Waals surface area contributed by atoms with E-state index < -0.39 is 0 Å². The zero-order valence-corrected chi connectivity index (χ0v) is 17.7. The van der Waals surface area contributed by atoms with Crippen molar-refractivity contribution < 1.29 is 14.3 Å². The molecule has 0 aliphatic carbocycles. The van der Waals surface area contributed by atoms with Crippen LogP contribution in [0.15, 0.2) is 24.3 Å². The summed E-state index contributed by atoms with van der Waals surface area (Å²) in [6.07, 6.45) is 2.30. The summed E-state index contributed by atoms with van der Waals surface area (Å²) in [7, 11) is 3.22. The molecular weight excluding hydrogens is 368 g/mol. The summed E-state index contributed by atoms with van der Waals surface area (Å²) in [6.45, 7) is 6.50. The van der Waals surface area contributed by atoms with Gasteiger partial charge in [0.05, 0.1) is 20.6 Å². The number of nitrogens with zero attached hydrogens (tertiary/aromatic N) is 3. The van der Waals surface area contributed by atoms with Crippen molar-refractivity contribution in [3.05, 3.63) is 41.2 Å². The maximum absolute atomic E-state index is 12.4. The van der Waals surface area contributed by atoms with Crippen LogP contribution in [0.5, 0.6) is 11.5 Å². The molecule has 1 amide bonds. The topological polar surface area (TPSA) is 76.6 Å². The maximum Gasteiger partial charge on any atom is 0.225 e. The minimum atomic E-state index is -0.00313. The van der Waals surface area contributed by atoms with Gasteiger partial charge in [0.2, 0.25) is 11.9 Å². The maximum atomic E-state index is 12.4. The fourth-order valence-corrected chi connectivity index (χ4v) is 3.70. The molecule has 7 nitrogen and oxygen atoms in total. The predicted octanol–water partition coefficient (Wildman–Crippen LogP) is 2.69. The minimum absolute atomic E-state index is 0.00313. The number of nitrogens with one attached hydrogen (secondary N) is 1. The standard InChI is InChI=1S/C22H30N4O3/c1-15-11-16(2)25-22(24-15)26-9-7-17(8-10-26)14-23-21(27)13-18-12-19(28-3)5-6-20(18)29-4/h5-6,11-12,17H,7-10,13-14H2,1-4H3,(H,23,27). The van der Waals surface area contributed by atoms with E-state index in [1.165, 1.54) is 0 Å². The number of benzene rings is 1. The van der Waals surface area contributed by atoms with Crippen LogP contribution in [0.1, 0.15) is 29.8 Å². The second-order valence-corrected chi connectivity index (χ2v) is 7.54. The first kappa shape index (κ1) is 20.9. The molecule has 0 spiro atoms. The van der Waals surface area contributed by atoms with Gasteiger partial charge in [-0.3, -0.25) is 4.79 Å². The molecule has 2 aromatic rings. The second kappa shape index (κ2) is 9.58. The molecule has 1 saturated heterocycles. The van der Waals surface area contributed by atoms with E-state index in [-0.39, 0.29) is 12.3 Å². The fourth-order valence-electron chi connectivity index (χ4n) is 3.70. The Morgan fingerprint density at radius 2 is 1.79 bits per heavy atom. The average Bonchev–Trinajstić information content (AvgIpc) is 2.72. The molecule has 0 bridgehead atoms. The van der Waals surface area contributed by atoms with Crippen LogP contribution in [0.4, 0.5) is 5.95 Å². The van der Waals surface area contributed by atoms with Gasteiger partial charge in [-0.25, -0.2) is 9.97 Å². The SMILES string of the molecule is COc1ccc(OC)c(CC(=O)NCC2CCN(c3nc(C)cc(C)n3)CC2)c1. The van der Waals surface area contributed by atoms with E-state index in [1.54, 1.807) is 14.2 Å². The molecule has 1 aromatic heterocycles. The van der Waals surface area contributed by atoms with Crippen molar-refractivity contribution in [1.29, 1.82) is 0 Å². The van der Waals surface area contributed by atoms with Crippen molar-refractivity contribution in [3.63, 3.8) is 0 Å². The van der Waals surface area contributed by atoms with E-state index >= 15 is 0 Å². The molecule has 156 valence electrons. The van der Waals surface area contributed by atoms with Crippen molar-refractivity contribution >= 4 is 11.9 Å². The van der Waals surface area contributed by atoms with E-state index in [0.717, 1.165) is 54.6 Å². The zero-order valence-electron chi connectivity index (χ0n) is 17.7. The van der Waals surface area contributed by atoms with Crippen LogP contribution in [0.3, 0.4) is 0 Å². The summed E-state index contributed by atoms with van der Waals surface area (Å²) in [6, 6.07) is 7.49. The summed E-state index contributed by atoms with van der Waals surface area (Å²) in [5.74, 6) is 2.69. The van der Waals surface area contributed by atoms with Crippen LogP contribution in [0.25, 0.3) is 0 Å². The van der Waals surface area contributed by atoms with E-state index in [9.17, 15) is 4.79 Å². The third-order valence-corrected chi connectivity index (χ3v) is 5.29. The van der Waals surface area contributed by atoms with Crippen molar-refractivity contribution in [2.24, 2.45) is 5.92 Å². The van der Waals surface area contributed by atoms with Crippen molar-refractivity contribution in [1.82, 2.24) is 15.3 Å². The quantitative estimate of drug-likeness (QED) is 0.773. The fraction of sp³-hybridized carbons (Fsp3) is 0.500. The Hall–Kier alpha value is -2.83. The zero-order chi connectivity index (χ0) is 20.8. The van der Waals surface area contributed by atoms with Crippen LogP contribution in [-0.2, 0) is 11.2 Å². The van der Waals surface area contributed by atoms with Crippen LogP contribution >= 0.6 is 0 Å². The van der Waals surface area contributed by atoms with E-state index in [4.69, 9.17) is 9.47 Å². The van der Waals surface area contributed by atoms with Crippen molar-refractivity contribution in [2.75, 3.05) is 38.8 Å². The Balaban J connectivity index is 1.48. The molecule has 29 heavy (non-hydrogen) atoms. The lowest BCUT2D eigenvalue weighted by Crippen LogP contribution is -2.39. The second-order valence-electron chi connectivity index (χ2n) is 7.54. The Morgan fingerprint density at radius 3 is 2.41 bits per heavy atom. The van der Waals surface area contributed by atoms with Gasteiger partial charge >= 0.3 is 0 Å². The molecule has 1 aliphatic rings. The number of methoxy groups -OCH3 is 2. The van der Waals surface area contributed by atoms with Gasteiger partial charge in [0.15, 0.2) is 0 Å². The number of piperidine rings is 1. The molecule has 1 fully saturated rings. The predicted molar refractivity (Wildman–Crippen MR) is 113 cm³/mol. The number of amides is 1. The highest BCUT2D eigenvalue weighted by Gasteiger charge is 2.22. The molecule has 2 heterocycles. The normalized spacial score (nSPS) is 14.6. The van der Waals surface area contributed by atoms with Gasteiger partial charge in [-0.05, 0) is 56.9 Å². The molecule has 0 atom stereocenters. The minimum Gasteiger partial charge on any atom is -0.497 e. The molecule has 1 aliphatic heterocycles. The highest BCUT2D eigenvalue weighted by Crippen LogP contribution is 2.25. The van der Waals surface area contributed by atoms with Gasteiger partial charge in [-0.2, -0.15) is 0 Å². The highest BCUT2D eigenvalue weighted by atomic mass is 16.5. The largest absolute Gasteiger partial charge is 0.497 e. The van der Waals surface area contributed by atoms with Gasteiger partial charge in [-0.1, -0.05) is 0 Å². The van der Waals surface area contributed by atoms with Gasteiger partial charge in [0.1, 0.15) is 11.5 Å². The van der Waals surface area contributed by atoms with Gasteiger partial charge in [0.25, 0.3) is 0 Å². The monoisotopic (exact) mass is 398 g/mol. The lowest BCUT2D eigenvalue weighted by molar-refractivity contribution is -0.120. The Kier molecular flexibility index (Phi) is 6.90. The van der Waals surface area contributed by atoms with E-state index in [2.05, 4.69) is 20.2 Å². The molecule has 0 radical (unpaired) electrons. The van der Waals surface area contributed by atoms with Gasteiger partial charge in [0, 0.05) is 36.6 Å². The number of rotatable bonds is 7. The molecule has 0 saturated carbocycles. The highest BCUT2D eigenvalue weighted by molar-refractivity contribution is 5.79. The van der Waals surface area contributed by atoms with E-state index in [0.29, 0.717) is 18.2 Å². The van der Waals surface area contributed by atoms with Crippen LogP contribution < -0.4 is 19.7 Å². The van der Waals surface area contributed by atoms with Gasteiger partial charge < -0.3 is 19.7 Å². The molecular formula is C22H30N4O3. The lowest BCUT2D eigenvalue weighted by Gasteiger charge is -2.32. The first-order chi connectivity index (χ1) is 14.0. The smallest absolute Gasteiger partial charge is 0.225 e. The number of hydrogen-bond acceptors (Lipinski definition) is 6. The number of carbonyl (C=O) groups is 1. The van der Waals surface area contributed by atoms with Crippen molar-refractivity contribution in [3.8, 4) is 11.5 Å². The number of aryl methyl sites for hydroxylation is 2. The Labute approximate surface area is 172 Å². The molecule has 7 heteroatoms. The Bertz CT molecular complexity index is 828. The number of carbonyl (C=O) groups excluding carboxylic acids is 1. The molecule has 1 aromatic carbocycles. The summed E-state index contributed by atoms with van der Waals surface area (Å²) in [4.78, 5) is 23.8. The molecule has 0 unspecified atom stereocenters. The first-order valence-corrected chi connectivity index (χ1v) is 10.0. The van der Waals surface area contributed by atoms with Gasteiger partial charge in [-0.15, -0.1) is 0 Å². The third-order valence-electron chi connectivity index (χ3n) is 5.29. The Morgan fingerprint density at radius 1 is 1.10 bits per heavy atom. The molecule has 3 rings (SSSR count). The lowest BCUT2D eigenvalue weighted by atomic mass is 9.97. The van der Waals surface area contributed by atoms with Crippen LogP contribution in [0.2, 0.25) is 0 Å². The summed E-state index contributed by atoms with van der Waals surface area (Å²) >= 11 is 0. The van der Waals surface area contributed by atoms with Crippen LogP contribution in [0, 0.1) is 19.8 Å². The first-order valence-electron chi connectivity index (χ1n) is 10.0. The average molecular weight is 399 g/mol. The number of ether oxygens (including phenoxy) is 2. The van der Waals surface area contributed by atoms with Crippen molar-refractivity contribution in [2.45, 2.75) is 33.1 Å². The molecule has 1 N–H and O–H groups in total. The number of hydrogen-bond donors (Lipinski definition) is 1. The summed E-state index contributed by atoms with van der Waals surface area (Å²) < 4.78 is 10.6. The summed E-state index contributed by atoms with van der Waals surface area (Å²) in [5.41, 5.74) is 2.82. The van der Waals surface area contributed by atoms with E-state index in [1.807, 2.05) is 38.1 Å². The number of anilines is 1. The summed E-state index contributed by atoms with van der Waals surface area (Å²) in [5, 5.41) is 3.08.